The minimum absolute atomic E-state index is 0.313. The van der Waals surface area contributed by atoms with Gasteiger partial charge in [0, 0.05) is 11.9 Å². The van der Waals surface area contributed by atoms with Crippen LogP contribution in [0, 0.1) is 5.92 Å². The molecule has 1 N–H and O–H groups in total. The van der Waals surface area contributed by atoms with E-state index in [0.717, 1.165) is 12.5 Å². The molecule has 1 saturated carbocycles. The minimum atomic E-state index is 0.313. The van der Waals surface area contributed by atoms with Gasteiger partial charge in [0.2, 0.25) is 0 Å². The van der Waals surface area contributed by atoms with Gasteiger partial charge in [-0.05, 0) is 30.9 Å². The smallest absolute Gasteiger partial charge is 0.0457 e. The Kier molecular flexibility index (Phi) is 4.04. The van der Waals surface area contributed by atoms with Crippen LogP contribution in [0.1, 0.15) is 30.9 Å². The Morgan fingerprint density at radius 1 is 1.27 bits per heavy atom. The highest BCUT2D eigenvalue weighted by atomic mass is 35.5. The first kappa shape index (κ1) is 11.0. The average molecular weight is 224 g/mol. The molecule has 1 aliphatic rings. The summed E-state index contributed by atoms with van der Waals surface area (Å²) in [5.41, 5.74) is 1.30. The van der Waals surface area contributed by atoms with Gasteiger partial charge in [-0.2, -0.15) is 0 Å². The Morgan fingerprint density at radius 3 is 2.53 bits per heavy atom. The van der Waals surface area contributed by atoms with Crippen LogP contribution < -0.4 is 5.32 Å². The van der Waals surface area contributed by atoms with Crippen LogP contribution in [0.3, 0.4) is 0 Å². The second-order valence-electron chi connectivity index (χ2n) is 4.32. The third-order valence-electron chi connectivity index (χ3n) is 3.23. The van der Waals surface area contributed by atoms with Crippen molar-refractivity contribution in [1.82, 2.24) is 5.32 Å². The van der Waals surface area contributed by atoms with Gasteiger partial charge in [0.15, 0.2) is 0 Å². The predicted octanol–water partition coefficient (Wildman–Crippen LogP) is 3.36. The van der Waals surface area contributed by atoms with E-state index in [0.29, 0.717) is 11.9 Å². The van der Waals surface area contributed by atoms with Gasteiger partial charge in [-0.25, -0.2) is 0 Å². The third-order valence-corrected chi connectivity index (χ3v) is 3.54. The third kappa shape index (κ3) is 2.96. The van der Waals surface area contributed by atoms with Crippen molar-refractivity contribution in [3.63, 3.8) is 0 Å². The fourth-order valence-electron chi connectivity index (χ4n) is 1.95. The Labute approximate surface area is 96.8 Å². The molecule has 2 rings (SSSR count). The van der Waals surface area contributed by atoms with Crippen molar-refractivity contribution in [1.29, 1.82) is 0 Å². The van der Waals surface area contributed by atoms with Crippen LogP contribution in [-0.2, 0) is 0 Å². The van der Waals surface area contributed by atoms with E-state index in [1.807, 2.05) is 6.07 Å². The molecule has 0 spiro atoms. The number of benzene rings is 1. The van der Waals surface area contributed by atoms with Crippen LogP contribution in [0.25, 0.3) is 0 Å². The molecular weight excluding hydrogens is 206 g/mol. The van der Waals surface area contributed by atoms with E-state index in [9.17, 15) is 0 Å². The van der Waals surface area contributed by atoms with Crippen molar-refractivity contribution in [3.05, 3.63) is 35.9 Å². The van der Waals surface area contributed by atoms with Crippen LogP contribution in [0.4, 0.5) is 0 Å². The number of nitrogens with one attached hydrogen (secondary N) is 1. The normalized spacial score (nSPS) is 18.5. The minimum Gasteiger partial charge on any atom is -0.309 e. The zero-order valence-corrected chi connectivity index (χ0v) is 9.71. The van der Waals surface area contributed by atoms with Gasteiger partial charge >= 0.3 is 0 Å². The molecular formula is C13H18ClN. The zero-order valence-electron chi connectivity index (χ0n) is 8.95. The summed E-state index contributed by atoms with van der Waals surface area (Å²) in [6, 6.07) is 10.8. The molecule has 1 aliphatic carbocycles. The van der Waals surface area contributed by atoms with Gasteiger partial charge in [0.05, 0.1) is 0 Å². The van der Waals surface area contributed by atoms with E-state index in [4.69, 9.17) is 11.6 Å². The number of halogens is 1. The van der Waals surface area contributed by atoms with E-state index < -0.39 is 0 Å². The molecule has 0 radical (unpaired) electrons. The SMILES string of the molecule is ClCC(NCC1CCC1)c1ccccc1. The van der Waals surface area contributed by atoms with Crippen LogP contribution in [0.5, 0.6) is 0 Å². The second-order valence-corrected chi connectivity index (χ2v) is 4.63. The van der Waals surface area contributed by atoms with Gasteiger partial charge in [0.1, 0.15) is 0 Å². The first-order valence-corrected chi connectivity index (χ1v) is 6.28. The summed E-state index contributed by atoms with van der Waals surface area (Å²) in [7, 11) is 0. The molecule has 2 heteroatoms. The summed E-state index contributed by atoms with van der Waals surface area (Å²) in [5, 5.41) is 3.56. The summed E-state index contributed by atoms with van der Waals surface area (Å²) in [6.45, 7) is 1.12. The van der Waals surface area contributed by atoms with E-state index in [1.54, 1.807) is 0 Å². The van der Waals surface area contributed by atoms with Crippen molar-refractivity contribution in [2.45, 2.75) is 25.3 Å². The summed E-state index contributed by atoms with van der Waals surface area (Å²) in [6.07, 6.45) is 4.18. The molecule has 1 aromatic carbocycles. The number of rotatable bonds is 5. The predicted molar refractivity (Wildman–Crippen MR) is 65.2 cm³/mol. The molecule has 0 heterocycles. The Hall–Kier alpha value is -0.530. The van der Waals surface area contributed by atoms with Crippen molar-refractivity contribution in [2.24, 2.45) is 5.92 Å². The van der Waals surface area contributed by atoms with Crippen LogP contribution in [0.15, 0.2) is 30.3 Å². The monoisotopic (exact) mass is 223 g/mol. The summed E-state index contributed by atoms with van der Waals surface area (Å²) >= 11 is 5.98. The Morgan fingerprint density at radius 2 is 2.00 bits per heavy atom. The maximum absolute atomic E-state index is 5.98. The molecule has 0 amide bonds. The fourth-order valence-corrected chi connectivity index (χ4v) is 2.24. The molecule has 1 atom stereocenters. The van der Waals surface area contributed by atoms with Gasteiger partial charge in [0.25, 0.3) is 0 Å². The lowest BCUT2D eigenvalue weighted by atomic mass is 9.85. The lowest BCUT2D eigenvalue weighted by molar-refractivity contribution is 0.293. The molecule has 0 bridgehead atoms. The van der Waals surface area contributed by atoms with Crippen molar-refractivity contribution < 1.29 is 0 Å². The largest absolute Gasteiger partial charge is 0.309 e. The first-order valence-electron chi connectivity index (χ1n) is 5.74. The van der Waals surface area contributed by atoms with Gasteiger partial charge in [-0.1, -0.05) is 36.8 Å². The quantitative estimate of drug-likeness (QED) is 0.755. The Bertz CT molecular complexity index is 282. The molecule has 1 unspecified atom stereocenters. The highest BCUT2D eigenvalue weighted by Crippen LogP contribution is 2.26. The van der Waals surface area contributed by atoms with Gasteiger partial charge < -0.3 is 5.32 Å². The van der Waals surface area contributed by atoms with E-state index >= 15 is 0 Å². The molecule has 0 aromatic heterocycles. The summed E-state index contributed by atoms with van der Waals surface area (Å²) in [4.78, 5) is 0. The average Bonchev–Trinajstić information content (AvgIpc) is 2.23. The molecule has 1 fully saturated rings. The van der Waals surface area contributed by atoms with Crippen molar-refractivity contribution >= 4 is 11.6 Å². The molecule has 0 aliphatic heterocycles. The molecule has 15 heavy (non-hydrogen) atoms. The number of hydrogen-bond donors (Lipinski definition) is 1. The molecule has 82 valence electrons. The van der Waals surface area contributed by atoms with Crippen LogP contribution in [-0.4, -0.2) is 12.4 Å². The maximum Gasteiger partial charge on any atom is 0.0457 e. The summed E-state index contributed by atoms with van der Waals surface area (Å²) in [5.74, 6) is 1.54. The van der Waals surface area contributed by atoms with Crippen molar-refractivity contribution in [3.8, 4) is 0 Å². The summed E-state index contributed by atoms with van der Waals surface area (Å²) < 4.78 is 0. The molecule has 0 saturated heterocycles. The lowest BCUT2D eigenvalue weighted by Gasteiger charge is -2.28. The first-order chi connectivity index (χ1) is 7.40. The molecule has 1 nitrogen and oxygen atoms in total. The van der Waals surface area contributed by atoms with Gasteiger partial charge in [-0.3, -0.25) is 0 Å². The molecule has 1 aromatic rings. The maximum atomic E-state index is 5.98. The van der Waals surface area contributed by atoms with Gasteiger partial charge in [-0.15, -0.1) is 11.6 Å². The highest BCUT2D eigenvalue weighted by Gasteiger charge is 2.18. The lowest BCUT2D eigenvalue weighted by Crippen LogP contribution is -2.31. The van der Waals surface area contributed by atoms with E-state index in [1.165, 1.54) is 24.8 Å². The van der Waals surface area contributed by atoms with Crippen LogP contribution in [0.2, 0.25) is 0 Å². The van der Waals surface area contributed by atoms with Crippen molar-refractivity contribution in [2.75, 3.05) is 12.4 Å². The topological polar surface area (TPSA) is 12.0 Å². The zero-order chi connectivity index (χ0) is 10.5. The van der Waals surface area contributed by atoms with E-state index in [2.05, 4.69) is 29.6 Å². The highest BCUT2D eigenvalue weighted by molar-refractivity contribution is 6.18. The van der Waals surface area contributed by atoms with Crippen LogP contribution >= 0.6 is 11.6 Å². The fraction of sp³-hybridized carbons (Fsp3) is 0.538. The Balaban J connectivity index is 1.86. The number of alkyl halides is 1. The second kappa shape index (κ2) is 5.53. The van der Waals surface area contributed by atoms with E-state index in [-0.39, 0.29) is 0 Å². The number of hydrogen-bond acceptors (Lipinski definition) is 1. The standard InChI is InChI=1S/C13H18ClN/c14-9-13(12-7-2-1-3-8-12)15-10-11-5-4-6-11/h1-3,7-8,11,13,15H,4-6,9-10H2.